The van der Waals surface area contributed by atoms with E-state index in [9.17, 15) is 4.79 Å². The Labute approximate surface area is 106 Å². The molecule has 0 aliphatic heterocycles. The molecule has 0 bridgehead atoms. The highest BCUT2D eigenvalue weighted by Gasteiger charge is 1.78. The lowest BCUT2D eigenvalue weighted by atomic mass is 10.5. The number of carbonyl (C=O) groups is 1. The van der Waals surface area contributed by atoms with Gasteiger partial charge in [0.05, 0.1) is 18.6 Å². The molecule has 0 aromatic rings. The van der Waals surface area contributed by atoms with E-state index in [4.69, 9.17) is 4.55 Å². The average molecular weight is 248 g/mol. The third-order valence-corrected chi connectivity index (χ3v) is 1.13. The molecule has 0 aromatic carbocycles. The van der Waals surface area contributed by atoms with E-state index in [-0.39, 0.29) is 13.3 Å². The molecule has 0 atom stereocenters. The third-order valence-electron chi connectivity index (χ3n) is 0.939. The molecular weight excluding hydrogens is 236 g/mol. The van der Waals surface area contributed by atoms with Crippen molar-refractivity contribution in [2.45, 2.75) is 14.4 Å². The van der Waals surface area contributed by atoms with E-state index in [1.54, 1.807) is 0 Å². The Morgan fingerprint density at radius 3 is 2.59 bits per heavy atom. The number of hydrogen-bond acceptors (Lipinski definition) is 4. The van der Waals surface area contributed by atoms with Gasteiger partial charge in [-0.3, -0.25) is 10.1 Å². The molecule has 0 aromatic heterocycles. The van der Waals surface area contributed by atoms with Gasteiger partial charge in [0, 0.05) is 42.0 Å². The Hall–Kier alpha value is -2.18. The van der Waals surface area contributed by atoms with Crippen LogP contribution in [0.4, 0.5) is 0 Å². The van der Waals surface area contributed by atoms with E-state index >= 15 is 0 Å². The predicted octanol–water partition coefficient (Wildman–Crippen LogP) is 0.441. The van der Waals surface area contributed by atoms with Crippen molar-refractivity contribution in [3.05, 3.63) is 0 Å². The van der Waals surface area contributed by atoms with Crippen LogP contribution in [-0.2, 0) is 4.79 Å². The van der Waals surface area contributed by atoms with E-state index in [1.807, 2.05) is 0 Å². The zero-order chi connectivity index (χ0) is 12.1. The molecule has 0 aliphatic rings. The molecule has 0 heterocycles. The molecular formula is C12H12N2O2S. The number of hydrogen-bond donors (Lipinski definition) is 3. The van der Waals surface area contributed by atoms with E-state index < -0.39 is 0 Å². The van der Waals surface area contributed by atoms with Crippen LogP contribution >= 0.6 is 12.0 Å². The van der Waals surface area contributed by atoms with Gasteiger partial charge in [-0.1, -0.05) is 13.3 Å². The first kappa shape index (κ1) is 17.2. The van der Waals surface area contributed by atoms with Crippen molar-refractivity contribution < 1.29 is 9.35 Å². The van der Waals surface area contributed by atoms with Crippen molar-refractivity contribution in [1.29, 1.82) is 0 Å². The lowest BCUT2D eigenvalue weighted by molar-refractivity contribution is -0.117. The van der Waals surface area contributed by atoms with Gasteiger partial charge in [0.1, 0.15) is 0 Å². The smallest absolute Gasteiger partial charge is 0.228 e. The first-order valence-electron chi connectivity index (χ1n) is 4.05. The van der Waals surface area contributed by atoms with Crippen LogP contribution in [0, 0.1) is 46.9 Å². The molecule has 4 nitrogen and oxygen atoms in total. The van der Waals surface area contributed by atoms with Crippen molar-refractivity contribution in [2.75, 3.05) is 6.54 Å². The number of nitrogens with one attached hydrogen (secondary N) is 2. The summed E-state index contributed by atoms with van der Waals surface area (Å²) >= 11 is 0.409. The molecule has 0 saturated heterocycles. The molecule has 88 valence electrons. The van der Waals surface area contributed by atoms with Crippen molar-refractivity contribution in [2.24, 2.45) is 0 Å². The topological polar surface area (TPSA) is 61.4 Å². The van der Waals surface area contributed by atoms with Gasteiger partial charge >= 0.3 is 0 Å². The SMILES string of the molecule is C.CC(=O)NC#CC#CCNC#CC#CSO. The van der Waals surface area contributed by atoms with Crippen LogP contribution in [0.3, 0.4) is 0 Å². The fourth-order valence-electron chi connectivity index (χ4n) is 0.451. The van der Waals surface area contributed by atoms with E-state index in [0.717, 1.165) is 0 Å². The van der Waals surface area contributed by atoms with E-state index in [0.29, 0.717) is 18.6 Å². The Balaban J connectivity index is 0. The summed E-state index contributed by atoms with van der Waals surface area (Å²) < 4.78 is 8.22. The number of amides is 1. The van der Waals surface area contributed by atoms with Crippen molar-refractivity contribution in [1.82, 2.24) is 10.6 Å². The first-order valence-corrected chi connectivity index (χ1v) is 4.82. The van der Waals surface area contributed by atoms with Crippen molar-refractivity contribution in [3.63, 3.8) is 0 Å². The minimum absolute atomic E-state index is 0. The van der Waals surface area contributed by atoms with Gasteiger partial charge in [0.2, 0.25) is 5.91 Å². The number of carbonyl (C=O) groups excluding carboxylic acids is 1. The summed E-state index contributed by atoms with van der Waals surface area (Å²) in [6.07, 6.45) is 0. The maximum absolute atomic E-state index is 10.4. The van der Waals surface area contributed by atoms with Gasteiger partial charge < -0.3 is 9.87 Å². The van der Waals surface area contributed by atoms with Crippen LogP contribution in [0.2, 0.25) is 0 Å². The highest BCUT2D eigenvalue weighted by molar-refractivity contribution is 7.98. The summed E-state index contributed by atoms with van der Waals surface area (Å²) in [4.78, 5) is 10.4. The predicted molar refractivity (Wildman–Crippen MR) is 69.9 cm³/mol. The summed E-state index contributed by atoms with van der Waals surface area (Å²) in [5.74, 6) is 12.2. The van der Waals surface area contributed by atoms with Crippen LogP contribution in [-0.4, -0.2) is 17.0 Å². The van der Waals surface area contributed by atoms with Gasteiger partial charge in [-0.15, -0.1) is 0 Å². The normalized spacial score (nSPS) is 5.76. The number of rotatable bonds is 1. The van der Waals surface area contributed by atoms with Crippen LogP contribution in [0.1, 0.15) is 14.4 Å². The maximum atomic E-state index is 10.4. The van der Waals surface area contributed by atoms with Crippen LogP contribution in [0.5, 0.6) is 0 Å². The summed E-state index contributed by atoms with van der Waals surface area (Å²) in [5, 5.41) is 7.22. The molecule has 17 heavy (non-hydrogen) atoms. The molecule has 0 aliphatic carbocycles. The average Bonchev–Trinajstić information content (AvgIpc) is 2.25. The van der Waals surface area contributed by atoms with Crippen molar-refractivity contribution in [3.8, 4) is 46.9 Å². The molecule has 0 unspecified atom stereocenters. The summed E-state index contributed by atoms with van der Waals surface area (Å²) in [7, 11) is 0. The summed E-state index contributed by atoms with van der Waals surface area (Å²) in [6.45, 7) is 1.71. The Morgan fingerprint density at radius 2 is 1.94 bits per heavy atom. The maximum Gasteiger partial charge on any atom is 0.228 e. The fourth-order valence-corrected chi connectivity index (χ4v) is 0.548. The first-order chi connectivity index (χ1) is 7.77. The van der Waals surface area contributed by atoms with Crippen LogP contribution in [0.25, 0.3) is 0 Å². The second-order valence-electron chi connectivity index (χ2n) is 2.15. The van der Waals surface area contributed by atoms with Gasteiger partial charge in [-0.05, 0) is 5.92 Å². The Morgan fingerprint density at radius 1 is 1.24 bits per heavy atom. The quantitative estimate of drug-likeness (QED) is 0.273. The fraction of sp³-hybridized carbons (Fsp3) is 0.250. The molecule has 1 amide bonds. The third kappa shape index (κ3) is 16.5. The lowest BCUT2D eigenvalue weighted by Crippen LogP contribution is -2.11. The molecule has 0 saturated carbocycles. The highest BCUT2D eigenvalue weighted by Crippen LogP contribution is 1.80. The summed E-state index contributed by atoms with van der Waals surface area (Å²) in [6, 6.07) is 4.87. The van der Waals surface area contributed by atoms with Gasteiger partial charge in [-0.2, -0.15) is 0 Å². The Bertz CT molecular complexity index is 470. The molecule has 0 fully saturated rings. The molecule has 0 spiro atoms. The second kappa shape index (κ2) is 13.8. The second-order valence-corrected chi connectivity index (χ2v) is 2.54. The molecule has 5 heteroatoms. The van der Waals surface area contributed by atoms with Gasteiger partial charge in [0.15, 0.2) is 0 Å². The molecule has 3 N–H and O–H groups in total. The van der Waals surface area contributed by atoms with E-state index in [2.05, 4.69) is 57.6 Å². The van der Waals surface area contributed by atoms with Crippen LogP contribution in [0.15, 0.2) is 0 Å². The lowest BCUT2D eigenvalue weighted by Gasteiger charge is -1.82. The largest absolute Gasteiger partial charge is 0.333 e. The standard InChI is InChI=1S/C11H8N2O2S.CH4/c1-11(14)13-9-4-2-3-7-12-8-5-6-10-16-15;/h12,15H,7H2,1H3,(H,13,14);1H4. The highest BCUT2D eigenvalue weighted by atomic mass is 32.2. The minimum Gasteiger partial charge on any atom is -0.333 e. The molecule has 0 rings (SSSR count). The minimum atomic E-state index is -0.224. The zero-order valence-electron chi connectivity index (χ0n) is 8.47. The zero-order valence-corrected chi connectivity index (χ0v) is 9.29. The molecule has 0 radical (unpaired) electrons. The summed E-state index contributed by atoms with van der Waals surface area (Å²) in [5.41, 5.74) is 0. The van der Waals surface area contributed by atoms with Gasteiger partial charge in [0.25, 0.3) is 0 Å². The van der Waals surface area contributed by atoms with Crippen LogP contribution < -0.4 is 10.6 Å². The van der Waals surface area contributed by atoms with Crippen molar-refractivity contribution >= 4 is 17.9 Å². The van der Waals surface area contributed by atoms with E-state index in [1.165, 1.54) is 6.92 Å². The van der Waals surface area contributed by atoms with Gasteiger partial charge in [-0.25, -0.2) is 0 Å². The monoisotopic (exact) mass is 248 g/mol. The Kier molecular flexibility index (Phi) is 14.0.